The molecule has 0 saturated carbocycles. The molecule has 1 atom stereocenters. The summed E-state index contributed by atoms with van der Waals surface area (Å²) in [5.74, 6) is 1.69. The lowest BCUT2D eigenvalue weighted by Crippen LogP contribution is -2.43. The largest absolute Gasteiger partial charge is 0.300 e. The van der Waals surface area contributed by atoms with E-state index in [4.69, 9.17) is 0 Å². The van der Waals surface area contributed by atoms with Crippen LogP contribution in [0.15, 0.2) is 23.8 Å². The Hall–Kier alpha value is 0.170. The number of hydrogen-bond donors (Lipinski definition) is 0. The summed E-state index contributed by atoms with van der Waals surface area (Å²) in [6.45, 7) is 7.33. The van der Waals surface area contributed by atoms with Gasteiger partial charge in [-0.3, -0.25) is 4.90 Å². The van der Waals surface area contributed by atoms with Crippen LogP contribution in [0.3, 0.4) is 0 Å². The highest BCUT2D eigenvalue weighted by atomic mass is 127. The van der Waals surface area contributed by atoms with Crippen molar-refractivity contribution in [2.45, 2.75) is 52.0 Å². The first-order chi connectivity index (χ1) is 9.20. The van der Waals surface area contributed by atoms with E-state index < -0.39 is 0 Å². The highest BCUT2D eigenvalue weighted by Crippen LogP contribution is 2.31. The van der Waals surface area contributed by atoms with Crippen molar-refractivity contribution in [2.24, 2.45) is 11.8 Å². The molecule has 1 nitrogen and oxygen atoms in total. The number of piperidine rings is 1. The van der Waals surface area contributed by atoms with Gasteiger partial charge in [-0.2, -0.15) is 0 Å². The summed E-state index contributed by atoms with van der Waals surface area (Å²) in [6, 6.07) is 0.807. The molecule has 1 aliphatic heterocycles. The van der Waals surface area contributed by atoms with E-state index in [-0.39, 0.29) is 0 Å². The van der Waals surface area contributed by atoms with Crippen LogP contribution in [0.5, 0.6) is 0 Å². The van der Waals surface area contributed by atoms with Crippen molar-refractivity contribution in [3.63, 3.8) is 0 Å². The maximum atomic E-state index is 2.75. The molecule has 0 radical (unpaired) electrons. The molecule has 0 N–H and O–H groups in total. The molecular weight excluding hydrogens is 345 g/mol. The average molecular weight is 373 g/mol. The topological polar surface area (TPSA) is 3.24 Å². The van der Waals surface area contributed by atoms with Crippen LogP contribution >= 0.6 is 22.6 Å². The Morgan fingerprint density at radius 2 is 2.05 bits per heavy atom. The number of allylic oxidation sites excluding steroid dienone is 4. The number of rotatable bonds is 5. The second kappa shape index (κ2) is 7.82. The first-order valence-corrected chi connectivity index (χ1v) is 9.39. The van der Waals surface area contributed by atoms with Gasteiger partial charge in [-0.05, 0) is 57.0 Å². The van der Waals surface area contributed by atoms with Crippen LogP contribution in [-0.2, 0) is 0 Å². The third kappa shape index (κ3) is 4.59. The number of halogens is 1. The molecule has 0 aromatic carbocycles. The summed E-state index contributed by atoms with van der Waals surface area (Å²) in [6.07, 6.45) is 13.6. The van der Waals surface area contributed by atoms with Gasteiger partial charge in [0.15, 0.2) is 0 Å². The van der Waals surface area contributed by atoms with Crippen LogP contribution in [0.25, 0.3) is 0 Å². The van der Waals surface area contributed by atoms with Gasteiger partial charge >= 0.3 is 0 Å². The fourth-order valence-electron chi connectivity index (χ4n) is 3.45. The zero-order chi connectivity index (χ0) is 13.7. The summed E-state index contributed by atoms with van der Waals surface area (Å²) in [4.78, 5) is 2.75. The maximum Gasteiger partial charge on any atom is 0.0187 e. The molecule has 1 saturated heterocycles. The maximum absolute atomic E-state index is 2.75. The first-order valence-electron chi connectivity index (χ1n) is 7.86. The third-order valence-corrected chi connectivity index (χ3v) is 5.55. The molecule has 2 aliphatic rings. The Kier molecular flexibility index (Phi) is 6.40. The molecule has 19 heavy (non-hydrogen) atoms. The van der Waals surface area contributed by atoms with Crippen molar-refractivity contribution >= 4 is 22.6 Å². The molecule has 1 heterocycles. The van der Waals surface area contributed by atoms with E-state index in [9.17, 15) is 0 Å². The lowest BCUT2D eigenvalue weighted by molar-refractivity contribution is 0.140. The monoisotopic (exact) mass is 373 g/mol. The normalized spacial score (nSPS) is 23.7. The van der Waals surface area contributed by atoms with E-state index in [1.807, 2.05) is 0 Å². The van der Waals surface area contributed by atoms with Crippen molar-refractivity contribution in [1.29, 1.82) is 0 Å². The highest BCUT2D eigenvalue weighted by Gasteiger charge is 2.26. The van der Waals surface area contributed by atoms with Crippen molar-refractivity contribution in [3.05, 3.63) is 23.8 Å². The lowest BCUT2D eigenvalue weighted by Gasteiger charge is -2.38. The van der Waals surface area contributed by atoms with E-state index in [1.165, 1.54) is 49.6 Å². The zero-order valence-corrected chi connectivity index (χ0v) is 14.6. The molecule has 0 spiro atoms. The van der Waals surface area contributed by atoms with E-state index in [2.05, 4.69) is 59.6 Å². The van der Waals surface area contributed by atoms with Crippen molar-refractivity contribution in [3.8, 4) is 0 Å². The van der Waals surface area contributed by atoms with Gasteiger partial charge in [0.25, 0.3) is 0 Å². The van der Waals surface area contributed by atoms with Crippen LogP contribution in [0.2, 0.25) is 0 Å². The predicted molar refractivity (Wildman–Crippen MR) is 92.9 cm³/mol. The van der Waals surface area contributed by atoms with Gasteiger partial charge in [0, 0.05) is 10.5 Å². The van der Waals surface area contributed by atoms with Crippen LogP contribution in [0.4, 0.5) is 0 Å². The molecule has 0 aromatic rings. The molecule has 1 unspecified atom stereocenters. The minimum atomic E-state index is 0.807. The van der Waals surface area contributed by atoms with E-state index >= 15 is 0 Å². The van der Waals surface area contributed by atoms with Crippen LogP contribution in [0.1, 0.15) is 46.0 Å². The van der Waals surface area contributed by atoms with Gasteiger partial charge in [-0.1, -0.05) is 60.2 Å². The minimum Gasteiger partial charge on any atom is -0.300 e. The van der Waals surface area contributed by atoms with Crippen molar-refractivity contribution in [1.82, 2.24) is 4.90 Å². The van der Waals surface area contributed by atoms with Gasteiger partial charge in [-0.15, -0.1) is 0 Å². The molecule has 1 fully saturated rings. The molecule has 1 aliphatic carbocycles. The Labute approximate surface area is 132 Å². The second-order valence-corrected chi connectivity index (χ2v) is 7.34. The minimum absolute atomic E-state index is 0.807. The van der Waals surface area contributed by atoms with Gasteiger partial charge in [0.2, 0.25) is 0 Å². The highest BCUT2D eigenvalue weighted by molar-refractivity contribution is 14.1. The molecule has 0 bridgehead atoms. The van der Waals surface area contributed by atoms with Crippen molar-refractivity contribution in [2.75, 3.05) is 17.5 Å². The number of likely N-dealkylation sites (tertiary alicyclic amines) is 1. The van der Waals surface area contributed by atoms with E-state index in [0.717, 1.165) is 17.9 Å². The molecule has 2 rings (SSSR count). The van der Waals surface area contributed by atoms with E-state index in [1.54, 1.807) is 5.57 Å². The molecule has 108 valence electrons. The SMILES string of the molecule is CC(C)CC(CI)N1CCC(C2=CC=CCC2)CC1. The summed E-state index contributed by atoms with van der Waals surface area (Å²) in [7, 11) is 0. The van der Waals surface area contributed by atoms with Gasteiger partial charge in [0.1, 0.15) is 0 Å². The Bertz CT molecular complexity index is 324. The molecular formula is C17H28IN. The Morgan fingerprint density at radius 1 is 1.32 bits per heavy atom. The number of alkyl halides is 1. The second-order valence-electron chi connectivity index (χ2n) is 6.46. The molecule has 0 amide bonds. The molecule has 0 aromatic heterocycles. The van der Waals surface area contributed by atoms with Gasteiger partial charge in [0.05, 0.1) is 0 Å². The van der Waals surface area contributed by atoms with Crippen LogP contribution in [-0.4, -0.2) is 28.5 Å². The fourth-order valence-corrected chi connectivity index (χ4v) is 4.37. The summed E-state index contributed by atoms with van der Waals surface area (Å²) in [5, 5.41) is 0. The summed E-state index contributed by atoms with van der Waals surface area (Å²) in [5.41, 5.74) is 1.72. The summed E-state index contributed by atoms with van der Waals surface area (Å²) < 4.78 is 1.28. The fraction of sp³-hybridized carbons (Fsp3) is 0.765. The zero-order valence-electron chi connectivity index (χ0n) is 12.4. The third-order valence-electron chi connectivity index (χ3n) is 4.54. The van der Waals surface area contributed by atoms with Gasteiger partial charge < -0.3 is 0 Å². The van der Waals surface area contributed by atoms with Crippen LogP contribution < -0.4 is 0 Å². The first kappa shape index (κ1) is 15.6. The summed E-state index contributed by atoms with van der Waals surface area (Å²) >= 11 is 2.57. The van der Waals surface area contributed by atoms with Crippen LogP contribution in [0, 0.1) is 11.8 Å². The number of hydrogen-bond acceptors (Lipinski definition) is 1. The van der Waals surface area contributed by atoms with Gasteiger partial charge in [-0.25, -0.2) is 0 Å². The molecule has 2 heteroatoms. The quantitative estimate of drug-likeness (QED) is 0.493. The Morgan fingerprint density at radius 3 is 2.58 bits per heavy atom. The van der Waals surface area contributed by atoms with Crippen molar-refractivity contribution < 1.29 is 0 Å². The Balaban J connectivity index is 1.84. The standard InChI is InChI=1S/C17H28IN/c1-14(2)12-17(13-18)19-10-8-16(9-11-19)15-6-4-3-5-7-15/h3-4,6,14,16-17H,5,7-13H2,1-2H3. The van der Waals surface area contributed by atoms with E-state index in [0.29, 0.717) is 0 Å². The smallest absolute Gasteiger partial charge is 0.0187 e. The average Bonchev–Trinajstić information content (AvgIpc) is 2.46. The predicted octanol–water partition coefficient (Wildman–Crippen LogP) is 4.82. The number of nitrogens with zero attached hydrogens (tertiary/aromatic N) is 1. The lowest BCUT2D eigenvalue weighted by atomic mass is 9.84.